The molecule has 0 spiro atoms. The van der Waals surface area contributed by atoms with Crippen molar-refractivity contribution >= 4 is 5.91 Å². The fraction of sp³-hybridized carbons (Fsp3) is 0.278. The van der Waals surface area contributed by atoms with E-state index in [0.29, 0.717) is 5.56 Å². The number of aryl methyl sites for hydroxylation is 1. The Hall–Kier alpha value is -2.29. The Morgan fingerprint density at radius 2 is 2.00 bits per heavy atom. The van der Waals surface area contributed by atoms with Crippen LogP contribution in [0.4, 0.5) is 0 Å². The highest BCUT2D eigenvalue weighted by atomic mass is 16.5. The van der Waals surface area contributed by atoms with E-state index < -0.39 is 0 Å². The largest absolute Gasteiger partial charge is 0.490 e. The van der Waals surface area contributed by atoms with Crippen LogP contribution in [-0.2, 0) is 12.8 Å². The van der Waals surface area contributed by atoms with Crippen LogP contribution >= 0.6 is 0 Å². The van der Waals surface area contributed by atoms with Gasteiger partial charge in [-0.25, -0.2) is 0 Å². The highest BCUT2D eigenvalue weighted by Gasteiger charge is 2.23. The van der Waals surface area contributed by atoms with Gasteiger partial charge in [0.2, 0.25) is 5.91 Å². The Bertz CT molecular complexity index is 637. The van der Waals surface area contributed by atoms with Gasteiger partial charge in [0.1, 0.15) is 11.9 Å². The average Bonchev–Trinajstić information content (AvgIpc) is 2.90. The Balaban J connectivity index is 1.54. The van der Waals surface area contributed by atoms with Gasteiger partial charge in [-0.1, -0.05) is 30.3 Å². The summed E-state index contributed by atoms with van der Waals surface area (Å²) in [6.07, 6.45) is 4.28. The molecular formula is C18H19NO2. The van der Waals surface area contributed by atoms with Crippen molar-refractivity contribution in [2.75, 3.05) is 0 Å². The first-order valence-corrected chi connectivity index (χ1v) is 7.35. The summed E-state index contributed by atoms with van der Waals surface area (Å²) in [5, 5.41) is 0. The van der Waals surface area contributed by atoms with Crippen LogP contribution in [0, 0.1) is 0 Å². The molecule has 21 heavy (non-hydrogen) atoms. The first kappa shape index (κ1) is 13.7. The van der Waals surface area contributed by atoms with Crippen LogP contribution in [0.2, 0.25) is 0 Å². The molecule has 0 bridgehead atoms. The number of amides is 1. The molecule has 2 aromatic carbocycles. The Kier molecular flexibility index (Phi) is 3.91. The zero-order chi connectivity index (χ0) is 14.7. The minimum atomic E-state index is -0.384. The number of primary amides is 1. The molecule has 108 valence electrons. The van der Waals surface area contributed by atoms with Crippen LogP contribution in [0.3, 0.4) is 0 Å². The summed E-state index contributed by atoms with van der Waals surface area (Å²) in [6, 6.07) is 15.9. The van der Waals surface area contributed by atoms with Crippen LogP contribution in [0.15, 0.2) is 48.5 Å². The highest BCUT2D eigenvalue weighted by molar-refractivity contribution is 5.93. The molecule has 1 atom stereocenters. The predicted octanol–water partition coefficient (Wildman–Crippen LogP) is 3.11. The minimum absolute atomic E-state index is 0.215. The van der Waals surface area contributed by atoms with Crippen LogP contribution in [-0.4, -0.2) is 12.0 Å². The summed E-state index contributed by atoms with van der Waals surface area (Å²) in [6.45, 7) is 0. The minimum Gasteiger partial charge on any atom is -0.490 e. The van der Waals surface area contributed by atoms with E-state index in [2.05, 4.69) is 24.3 Å². The fourth-order valence-corrected chi connectivity index (χ4v) is 2.81. The third kappa shape index (κ3) is 3.24. The molecule has 1 aliphatic heterocycles. The quantitative estimate of drug-likeness (QED) is 0.915. The zero-order valence-electron chi connectivity index (χ0n) is 11.9. The number of benzene rings is 2. The van der Waals surface area contributed by atoms with Gasteiger partial charge >= 0.3 is 0 Å². The normalized spacial score (nSPS) is 16.3. The van der Waals surface area contributed by atoms with Gasteiger partial charge < -0.3 is 10.5 Å². The molecule has 0 aromatic heterocycles. The van der Waals surface area contributed by atoms with Crippen LogP contribution in [0.5, 0.6) is 5.75 Å². The number of carbonyl (C=O) groups excluding carboxylic acids is 1. The molecule has 0 radical (unpaired) electrons. The maximum absolute atomic E-state index is 11.2. The molecule has 1 unspecified atom stereocenters. The highest BCUT2D eigenvalue weighted by Crippen LogP contribution is 2.31. The number of carbonyl (C=O) groups is 1. The monoisotopic (exact) mass is 281 g/mol. The molecule has 1 aliphatic rings. The van der Waals surface area contributed by atoms with E-state index in [1.165, 1.54) is 5.56 Å². The van der Waals surface area contributed by atoms with E-state index >= 15 is 0 Å². The van der Waals surface area contributed by atoms with Crippen LogP contribution in [0.1, 0.15) is 34.3 Å². The molecular weight excluding hydrogens is 262 g/mol. The van der Waals surface area contributed by atoms with E-state index in [-0.39, 0.29) is 12.0 Å². The molecule has 0 aliphatic carbocycles. The second-order valence-electron chi connectivity index (χ2n) is 5.51. The van der Waals surface area contributed by atoms with Crippen molar-refractivity contribution in [1.29, 1.82) is 0 Å². The molecule has 0 saturated heterocycles. The van der Waals surface area contributed by atoms with E-state index in [1.54, 1.807) is 6.07 Å². The lowest BCUT2D eigenvalue weighted by Gasteiger charge is -2.10. The Morgan fingerprint density at radius 1 is 1.19 bits per heavy atom. The molecule has 3 heteroatoms. The third-order valence-corrected chi connectivity index (χ3v) is 3.92. The molecule has 3 rings (SSSR count). The SMILES string of the molecule is NC(=O)c1ccc2c(c1)CC(CCCc1ccccc1)O2. The average molecular weight is 281 g/mol. The van der Waals surface area contributed by atoms with Crippen molar-refractivity contribution in [1.82, 2.24) is 0 Å². The number of rotatable bonds is 5. The summed E-state index contributed by atoms with van der Waals surface area (Å²) in [7, 11) is 0. The first-order chi connectivity index (χ1) is 10.2. The molecule has 3 nitrogen and oxygen atoms in total. The van der Waals surface area contributed by atoms with Gasteiger partial charge in [0, 0.05) is 12.0 Å². The number of hydrogen-bond acceptors (Lipinski definition) is 2. The van der Waals surface area contributed by atoms with Crippen molar-refractivity contribution in [2.45, 2.75) is 31.8 Å². The second-order valence-corrected chi connectivity index (χ2v) is 5.51. The van der Waals surface area contributed by atoms with Crippen molar-refractivity contribution in [2.24, 2.45) is 5.73 Å². The molecule has 1 heterocycles. The van der Waals surface area contributed by atoms with Gasteiger partial charge in [0.05, 0.1) is 0 Å². The van der Waals surface area contributed by atoms with Gasteiger partial charge in [-0.15, -0.1) is 0 Å². The van der Waals surface area contributed by atoms with Gasteiger partial charge in [-0.3, -0.25) is 4.79 Å². The van der Waals surface area contributed by atoms with E-state index in [1.807, 2.05) is 18.2 Å². The van der Waals surface area contributed by atoms with E-state index in [4.69, 9.17) is 10.5 Å². The summed E-state index contributed by atoms with van der Waals surface area (Å²) < 4.78 is 5.93. The lowest BCUT2D eigenvalue weighted by molar-refractivity contribution is 0.1000. The van der Waals surface area contributed by atoms with Gasteiger partial charge in [0.25, 0.3) is 0 Å². The number of ether oxygens (including phenoxy) is 1. The molecule has 0 fully saturated rings. The van der Waals surface area contributed by atoms with Crippen LogP contribution < -0.4 is 10.5 Å². The smallest absolute Gasteiger partial charge is 0.248 e. The third-order valence-electron chi connectivity index (χ3n) is 3.92. The summed E-state index contributed by atoms with van der Waals surface area (Å²) in [5.41, 5.74) is 8.32. The van der Waals surface area contributed by atoms with Gasteiger partial charge in [-0.2, -0.15) is 0 Å². The molecule has 1 amide bonds. The fourth-order valence-electron chi connectivity index (χ4n) is 2.81. The lowest BCUT2D eigenvalue weighted by Crippen LogP contribution is -2.12. The summed E-state index contributed by atoms with van der Waals surface area (Å²) >= 11 is 0. The Labute approximate surface area is 124 Å². The maximum Gasteiger partial charge on any atom is 0.248 e. The maximum atomic E-state index is 11.2. The number of nitrogens with two attached hydrogens (primary N) is 1. The standard InChI is InChI=1S/C18H19NO2/c19-18(20)14-9-10-17-15(11-14)12-16(21-17)8-4-7-13-5-2-1-3-6-13/h1-3,5-6,9-11,16H,4,7-8,12H2,(H2,19,20). The van der Waals surface area contributed by atoms with Crippen LogP contribution in [0.25, 0.3) is 0 Å². The van der Waals surface area contributed by atoms with Crippen molar-refractivity contribution < 1.29 is 9.53 Å². The zero-order valence-corrected chi connectivity index (χ0v) is 11.9. The number of hydrogen-bond donors (Lipinski definition) is 1. The summed E-state index contributed by atoms with van der Waals surface area (Å²) in [4.78, 5) is 11.2. The van der Waals surface area contributed by atoms with E-state index in [0.717, 1.165) is 37.0 Å². The molecule has 2 aromatic rings. The molecule has 2 N–H and O–H groups in total. The lowest BCUT2D eigenvalue weighted by atomic mass is 10.0. The predicted molar refractivity (Wildman–Crippen MR) is 82.5 cm³/mol. The number of fused-ring (bicyclic) bond motifs is 1. The van der Waals surface area contributed by atoms with Gasteiger partial charge in [-0.05, 0) is 48.6 Å². The second kappa shape index (κ2) is 6.00. The van der Waals surface area contributed by atoms with Gasteiger partial charge in [0.15, 0.2) is 0 Å². The van der Waals surface area contributed by atoms with Crippen molar-refractivity contribution in [3.05, 3.63) is 65.2 Å². The first-order valence-electron chi connectivity index (χ1n) is 7.35. The van der Waals surface area contributed by atoms with E-state index in [9.17, 15) is 4.79 Å². The summed E-state index contributed by atoms with van der Waals surface area (Å²) in [5.74, 6) is 0.509. The molecule has 0 saturated carbocycles. The van der Waals surface area contributed by atoms with Crippen molar-refractivity contribution in [3.8, 4) is 5.75 Å². The topological polar surface area (TPSA) is 52.3 Å². The van der Waals surface area contributed by atoms with Crippen molar-refractivity contribution in [3.63, 3.8) is 0 Å². The Morgan fingerprint density at radius 3 is 2.76 bits per heavy atom.